The highest BCUT2D eigenvalue weighted by Crippen LogP contribution is 2.38. The first-order valence-corrected chi connectivity index (χ1v) is 8.59. The first-order chi connectivity index (χ1) is 11.4. The largest absolute Gasteiger partial charge is 0.247 e. The number of benzene rings is 2. The predicted molar refractivity (Wildman–Crippen MR) is 104 cm³/mol. The van der Waals surface area contributed by atoms with Gasteiger partial charge in [0.15, 0.2) is 0 Å². The lowest BCUT2D eigenvalue weighted by Gasteiger charge is -2.20. The van der Waals surface area contributed by atoms with Gasteiger partial charge in [-0.25, -0.2) is 4.98 Å². The Labute approximate surface area is 144 Å². The molecule has 1 aliphatic rings. The molecule has 0 radical (unpaired) electrons. The van der Waals surface area contributed by atoms with Crippen LogP contribution in [0.1, 0.15) is 48.6 Å². The van der Waals surface area contributed by atoms with Crippen molar-refractivity contribution in [3.63, 3.8) is 0 Å². The lowest BCUT2D eigenvalue weighted by Crippen LogP contribution is -2.10. The van der Waals surface area contributed by atoms with Crippen LogP contribution in [0.2, 0.25) is 0 Å². The second-order valence-corrected chi connectivity index (χ2v) is 7.85. The van der Waals surface area contributed by atoms with E-state index in [1.165, 1.54) is 38.8 Å². The lowest BCUT2D eigenvalue weighted by molar-refractivity contribution is 0.590. The van der Waals surface area contributed by atoms with Gasteiger partial charge in [0.25, 0.3) is 0 Å². The number of aromatic nitrogens is 1. The molecule has 1 aliphatic carbocycles. The summed E-state index contributed by atoms with van der Waals surface area (Å²) in [5, 5.41) is 1.31. The zero-order chi connectivity index (χ0) is 17.1. The van der Waals surface area contributed by atoms with Crippen molar-refractivity contribution in [3.05, 3.63) is 64.2 Å². The van der Waals surface area contributed by atoms with Gasteiger partial charge in [-0.1, -0.05) is 57.2 Å². The van der Waals surface area contributed by atoms with Gasteiger partial charge in [-0.3, -0.25) is 0 Å². The summed E-state index contributed by atoms with van der Waals surface area (Å²) in [5.74, 6) is 0. The molecule has 1 aromatic heterocycles. The van der Waals surface area contributed by atoms with Crippen LogP contribution in [0.25, 0.3) is 34.3 Å². The van der Waals surface area contributed by atoms with Gasteiger partial charge < -0.3 is 0 Å². The summed E-state index contributed by atoms with van der Waals surface area (Å²) in [4.78, 5) is 5.03. The molecule has 120 valence electrons. The number of rotatable bonds is 1. The van der Waals surface area contributed by atoms with Crippen LogP contribution in [0.15, 0.2) is 36.4 Å². The van der Waals surface area contributed by atoms with Gasteiger partial charge in [0, 0.05) is 10.9 Å². The van der Waals surface area contributed by atoms with Crippen molar-refractivity contribution in [2.24, 2.45) is 0 Å². The van der Waals surface area contributed by atoms with E-state index in [4.69, 9.17) is 4.98 Å². The first-order valence-electron chi connectivity index (χ1n) is 8.59. The predicted octanol–water partition coefficient (Wildman–Crippen LogP) is 6.30. The van der Waals surface area contributed by atoms with Crippen LogP contribution in [0, 0.1) is 13.8 Å². The SMILES string of the molecule is Cc1ccc2nc(-c3cccc(C(C)(C)C)c3)c(C)c3c2c1C=C3. The van der Waals surface area contributed by atoms with Crippen molar-refractivity contribution in [1.29, 1.82) is 0 Å². The minimum absolute atomic E-state index is 0.141. The van der Waals surface area contributed by atoms with Gasteiger partial charge in [0.1, 0.15) is 0 Å². The molecular weight excluding hydrogens is 290 g/mol. The number of hydrogen-bond acceptors (Lipinski definition) is 1. The Bertz CT molecular complexity index is 1000. The van der Waals surface area contributed by atoms with E-state index in [1.54, 1.807) is 0 Å². The smallest absolute Gasteiger partial charge is 0.0744 e. The van der Waals surface area contributed by atoms with Crippen molar-refractivity contribution in [2.75, 3.05) is 0 Å². The Morgan fingerprint density at radius 1 is 0.875 bits per heavy atom. The standard InChI is InChI=1S/C23H23N/c1-14-9-12-20-21-18(14)10-11-19(21)15(2)22(24-20)16-7-6-8-17(13-16)23(3,4)5/h6-13H,1-5H3. The molecular formula is C23H23N. The van der Waals surface area contributed by atoms with Crippen LogP contribution >= 0.6 is 0 Å². The maximum absolute atomic E-state index is 5.03. The normalized spacial score (nSPS) is 13.0. The van der Waals surface area contributed by atoms with Crippen LogP contribution in [-0.4, -0.2) is 4.98 Å². The molecule has 0 amide bonds. The molecule has 1 nitrogen and oxygen atoms in total. The maximum Gasteiger partial charge on any atom is 0.0744 e. The number of nitrogens with zero attached hydrogens (tertiary/aromatic N) is 1. The fraction of sp³-hybridized carbons (Fsp3) is 0.261. The van der Waals surface area contributed by atoms with Gasteiger partial charge in [0.2, 0.25) is 0 Å². The van der Waals surface area contributed by atoms with Crippen molar-refractivity contribution < 1.29 is 0 Å². The van der Waals surface area contributed by atoms with Crippen LogP contribution in [-0.2, 0) is 5.41 Å². The molecule has 1 heteroatoms. The third-order valence-corrected chi connectivity index (χ3v) is 5.12. The molecule has 4 rings (SSSR count). The molecule has 0 fully saturated rings. The zero-order valence-electron chi connectivity index (χ0n) is 15.1. The molecule has 24 heavy (non-hydrogen) atoms. The van der Waals surface area contributed by atoms with Gasteiger partial charge in [-0.15, -0.1) is 0 Å². The Kier molecular flexibility index (Phi) is 3.18. The average Bonchev–Trinajstić information content (AvgIpc) is 2.99. The van der Waals surface area contributed by atoms with E-state index in [0.717, 1.165) is 11.2 Å². The molecule has 2 aromatic carbocycles. The van der Waals surface area contributed by atoms with E-state index in [-0.39, 0.29) is 5.41 Å². The van der Waals surface area contributed by atoms with Gasteiger partial charge in [0.05, 0.1) is 11.2 Å². The number of hydrogen-bond donors (Lipinski definition) is 0. The summed E-state index contributed by atoms with van der Waals surface area (Å²) in [6.45, 7) is 11.1. The van der Waals surface area contributed by atoms with Gasteiger partial charge >= 0.3 is 0 Å². The van der Waals surface area contributed by atoms with E-state index in [0.29, 0.717) is 0 Å². The van der Waals surface area contributed by atoms with Gasteiger partial charge in [-0.05, 0) is 59.2 Å². The fourth-order valence-corrected chi connectivity index (χ4v) is 3.61. The summed E-state index contributed by atoms with van der Waals surface area (Å²) in [5.41, 5.74) is 10.1. The summed E-state index contributed by atoms with van der Waals surface area (Å²) >= 11 is 0. The molecule has 0 aliphatic heterocycles. The second-order valence-electron chi connectivity index (χ2n) is 7.85. The molecule has 0 bridgehead atoms. The summed E-state index contributed by atoms with van der Waals surface area (Å²) in [7, 11) is 0. The third-order valence-electron chi connectivity index (χ3n) is 5.12. The number of pyridine rings is 1. The quantitative estimate of drug-likeness (QED) is 0.402. The summed E-state index contributed by atoms with van der Waals surface area (Å²) in [6, 6.07) is 13.2. The Hall–Kier alpha value is -2.41. The molecule has 0 N–H and O–H groups in total. The molecule has 0 spiro atoms. The molecule has 0 saturated heterocycles. The van der Waals surface area contributed by atoms with E-state index >= 15 is 0 Å². The molecule has 3 aromatic rings. The van der Waals surface area contributed by atoms with Crippen LogP contribution < -0.4 is 0 Å². The minimum atomic E-state index is 0.141. The first kappa shape index (κ1) is 15.1. The molecule has 0 unspecified atom stereocenters. The Morgan fingerprint density at radius 2 is 1.62 bits per heavy atom. The van der Waals surface area contributed by atoms with Crippen molar-refractivity contribution in [2.45, 2.75) is 40.0 Å². The highest BCUT2D eigenvalue weighted by Gasteiger charge is 2.19. The Balaban J connectivity index is 1.99. The van der Waals surface area contributed by atoms with Crippen molar-refractivity contribution >= 4 is 23.1 Å². The van der Waals surface area contributed by atoms with E-state index in [1.807, 2.05) is 0 Å². The van der Waals surface area contributed by atoms with Crippen LogP contribution in [0.3, 0.4) is 0 Å². The highest BCUT2D eigenvalue weighted by atomic mass is 14.7. The minimum Gasteiger partial charge on any atom is -0.247 e. The van der Waals surface area contributed by atoms with E-state index in [9.17, 15) is 0 Å². The lowest BCUT2D eigenvalue weighted by atomic mass is 9.85. The van der Waals surface area contributed by atoms with E-state index < -0.39 is 0 Å². The molecule has 0 saturated carbocycles. The summed E-state index contributed by atoms with van der Waals surface area (Å²) in [6.07, 6.45) is 4.48. The second kappa shape index (κ2) is 5.04. The third kappa shape index (κ3) is 2.19. The zero-order valence-corrected chi connectivity index (χ0v) is 15.1. The fourth-order valence-electron chi connectivity index (χ4n) is 3.61. The van der Waals surface area contributed by atoms with Crippen molar-refractivity contribution in [3.8, 4) is 11.3 Å². The van der Waals surface area contributed by atoms with Crippen molar-refractivity contribution in [1.82, 2.24) is 4.98 Å². The van der Waals surface area contributed by atoms with Crippen LogP contribution in [0.5, 0.6) is 0 Å². The van der Waals surface area contributed by atoms with Crippen LogP contribution in [0.4, 0.5) is 0 Å². The molecule has 0 atom stereocenters. The Morgan fingerprint density at radius 3 is 2.38 bits per heavy atom. The maximum atomic E-state index is 5.03. The van der Waals surface area contributed by atoms with E-state index in [2.05, 4.69) is 83.2 Å². The monoisotopic (exact) mass is 313 g/mol. The number of aryl methyl sites for hydroxylation is 1. The summed E-state index contributed by atoms with van der Waals surface area (Å²) < 4.78 is 0. The topological polar surface area (TPSA) is 12.9 Å². The highest BCUT2D eigenvalue weighted by molar-refractivity contribution is 6.06. The average molecular weight is 313 g/mol. The molecule has 1 heterocycles. The van der Waals surface area contributed by atoms with Gasteiger partial charge in [-0.2, -0.15) is 0 Å².